The fraction of sp³-hybridized carbons (Fsp3) is 0.0667. The number of aromatic nitrogens is 2. The van der Waals surface area contributed by atoms with Gasteiger partial charge in [-0.1, -0.05) is 6.07 Å². The van der Waals surface area contributed by atoms with Gasteiger partial charge in [-0.25, -0.2) is 0 Å². The van der Waals surface area contributed by atoms with E-state index in [0.717, 1.165) is 26.7 Å². The predicted octanol–water partition coefficient (Wildman–Crippen LogP) is 4.87. The van der Waals surface area contributed by atoms with Crippen LogP contribution in [0.2, 0.25) is 0 Å². The number of nitrogens with zero attached hydrogens (tertiary/aromatic N) is 2. The molecular weight excluding hydrogens is 398 g/mol. The number of nitrogens with one attached hydrogen (secondary N) is 1. The van der Waals surface area contributed by atoms with Crippen LogP contribution in [0.5, 0.6) is 0 Å². The second-order valence-corrected chi connectivity index (χ2v) is 6.13. The summed E-state index contributed by atoms with van der Waals surface area (Å²) in [6.07, 6.45) is 1.33. The zero-order valence-electron chi connectivity index (χ0n) is 10.9. The minimum atomic E-state index is 0.526. The van der Waals surface area contributed by atoms with Crippen molar-refractivity contribution in [1.29, 1.82) is 0 Å². The van der Waals surface area contributed by atoms with Crippen LogP contribution in [-0.4, -0.2) is 10.2 Å². The first-order valence-corrected chi connectivity index (χ1v) is 7.85. The van der Waals surface area contributed by atoms with Gasteiger partial charge >= 0.3 is 0 Å². The van der Waals surface area contributed by atoms with Crippen LogP contribution < -0.4 is 5.32 Å². The van der Waals surface area contributed by atoms with Crippen molar-refractivity contribution in [1.82, 2.24) is 10.2 Å². The molecule has 106 valence electrons. The lowest BCUT2D eigenvalue weighted by atomic mass is 10.2. The third-order valence-corrected chi connectivity index (χ3v) is 4.85. The van der Waals surface area contributed by atoms with Crippen molar-refractivity contribution in [2.45, 2.75) is 6.54 Å². The molecule has 0 saturated carbocycles. The number of benzene rings is 2. The van der Waals surface area contributed by atoms with Crippen LogP contribution in [0.4, 0.5) is 5.69 Å². The summed E-state index contributed by atoms with van der Waals surface area (Å²) < 4.78 is 7.26. The third-order valence-electron chi connectivity index (χ3n) is 2.97. The number of hydrogen-bond donors (Lipinski definition) is 1. The maximum absolute atomic E-state index is 5.16. The summed E-state index contributed by atoms with van der Waals surface area (Å²) in [6, 6.07) is 14.1. The van der Waals surface area contributed by atoms with Gasteiger partial charge in [0.1, 0.15) is 0 Å². The van der Waals surface area contributed by atoms with Crippen molar-refractivity contribution in [2.24, 2.45) is 0 Å². The van der Waals surface area contributed by atoms with E-state index in [1.807, 2.05) is 30.3 Å². The van der Waals surface area contributed by atoms with Gasteiger partial charge in [-0.2, -0.15) is 0 Å². The van der Waals surface area contributed by atoms with Crippen LogP contribution in [-0.2, 0) is 6.54 Å². The first kappa shape index (κ1) is 14.3. The van der Waals surface area contributed by atoms with Gasteiger partial charge in [0.05, 0.1) is 0 Å². The number of anilines is 1. The Kier molecular flexibility index (Phi) is 4.36. The molecule has 6 heteroatoms. The SMILES string of the molecule is Brc1ccc(CNc2ccc(-c3nnco3)cc2)cc1Br. The normalized spacial score (nSPS) is 10.6. The summed E-state index contributed by atoms with van der Waals surface area (Å²) in [5.74, 6) is 0.526. The molecule has 1 N–H and O–H groups in total. The molecule has 1 aromatic heterocycles. The molecule has 0 spiro atoms. The van der Waals surface area contributed by atoms with Crippen molar-refractivity contribution in [3.05, 3.63) is 63.4 Å². The van der Waals surface area contributed by atoms with Gasteiger partial charge in [-0.05, 0) is 73.8 Å². The maximum Gasteiger partial charge on any atom is 0.247 e. The second-order valence-electron chi connectivity index (χ2n) is 4.42. The Morgan fingerprint density at radius 3 is 2.48 bits per heavy atom. The standard InChI is InChI=1S/C15H11Br2N3O/c16-13-6-1-10(7-14(13)17)8-18-12-4-2-11(3-5-12)15-20-19-9-21-15/h1-7,9,18H,8H2. The molecule has 3 rings (SSSR count). The molecule has 0 radical (unpaired) electrons. The lowest BCUT2D eigenvalue weighted by Crippen LogP contribution is -1.99. The van der Waals surface area contributed by atoms with Crippen molar-refractivity contribution in [3.8, 4) is 11.5 Å². The highest BCUT2D eigenvalue weighted by molar-refractivity contribution is 9.13. The molecule has 0 bridgehead atoms. The summed E-state index contributed by atoms with van der Waals surface area (Å²) in [7, 11) is 0. The van der Waals surface area contributed by atoms with E-state index in [1.165, 1.54) is 12.0 Å². The lowest BCUT2D eigenvalue weighted by molar-refractivity contribution is 0.568. The minimum absolute atomic E-state index is 0.526. The molecule has 1 heterocycles. The van der Waals surface area contributed by atoms with Crippen LogP contribution in [0.1, 0.15) is 5.56 Å². The fourth-order valence-electron chi connectivity index (χ4n) is 1.88. The van der Waals surface area contributed by atoms with Crippen molar-refractivity contribution in [3.63, 3.8) is 0 Å². The average molecular weight is 409 g/mol. The number of rotatable bonds is 4. The second kappa shape index (κ2) is 6.41. The van der Waals surface area contributed by atoms with Gasteiger partial charge in [0.15, 0.2) is 0 Å². The molecule has 21 heavy (non-hydrogen) atoms. The van der Waals surface area contributed by atoms with Crippen LogP contribution >= 0.6 is 31.9 Å². The Morgan fingerprint density at radius 2 is 1.81 bits per heavy atom. The molecular formula is C15H11Br2N3O. The van der Waals surface area contributed by atoms with Gasteiger partial charge in [0.25, 0.3) is 0 Å². The van der Waals surface area contributed by atoms with E-state index in [2.05, 4.69) is 59.5 Å². The molecule has 0 aliphatic carbocycles. The van der Waals surface area contributed by atoms with Gasteiger partial charge in [0, 0.05) is 26.7 Å². The highest BCUT2D eigenvalue weighted by atomic mass is 79.9. The molecule has 0 aliphatic heterocycles. The summed E-state index contributed by atoms with van der Waals surface area (Å²) in [5.41, 5.74) is 3.15. The summed E-state index contributed by atoms with van der Waals surface area (Å²) in [6.45, 7) is 0.756. The molecule has 0 unspecified atom stereocenters. The Balaban J connectivity index is 1.66. The number of halogens is 2. The van der Waals surface area contributed by atoms with E-state index >= 15 is 0 Å². The van der Waals surface area contributed by atoms with E-state index in [0.29, 0.717) is 5.89 Å². The summed E-state index contributed by atoms with van der Waals surface area (Å²) >= 11 is 6.97. The van der Waals surface area contributed by atoms with Crippen LogP contribution in [0.25, 0.3) is 11.5 Å². The summed E-state index contributed by atoms with van der Waals surface area (Å²) in [4.78, 5) is 0. The van der Waals surface area contributed by atoms with E-state index in [9.17, 15) is 0 Å². The minimum Gasteiger partial charge on any atom is -0.423 e. The Bertz CT molecular complexity index is 727. The molecule has 3 aromatic rings. The highest BCUT2D eigenvalue weighted by Gasteiger charge is 2.03. The average Bonchev–Trinajstić information content (AvgIpc) is 3.03. The number of hydrogen-bond acceptors (Lipinski definition) is 4. The Morgan fingerprint density at radius 1 is 1.00 bits per heavy atom. The smallest absolute Gasteiger partial charge is 0.247 e. The van der Waals surface area contributed by atoms with Crippen molar-refractivity contribution < 1.29 is 4.42 Å². The van der Waals surface area contributed by atoms with E-state index in [-0.39, 0.29) is 0 Å². The monoisotopic (exact) mass is 407 g/mol. The summed E-state index contributed by atoms with van der Waals surface area (Å²) in [5, 5.41) is 10.9. The molecule has 0 amide bonds. The Labute approximate surface area is 138 Å². The zero-order chi connectivity index (χ0) is 14.7. The van der Waals surface area contributed by atoms with Gasteiger partial charge < -0.3 is 9.73 Å². The van der Waals surface area contributed by atoms with Crippen LogP contribution in [0.3, 0.4) is 0 Å². The van der Waals surface area contributed by atoms with Gasteiger partial charge in [0.2, 0.25) is 12.3 Å². The lowest BCUT2D eigenvalue weighted by Gasteiger charge is -2.08. The molecule has 0 aliphatic rings. The molecule has 0 atom stereocenters. The van der Waals surface area contributed by atoms with E-state index in [4.69, 9.17) is 4.42 Å². The topological polar surface area (TPSA) is 51.0 Å². The highest BCUT2D eigenvalue weighted by Crippen LogP contribution is 2.24. The Hall–Kier alpha value is -1.66. The van der Waals surface area contributed by atoms with E-state index < -0.39 is 0 Å². The first-order chi connectivity index (χ1) is 10.2. The molecule has 2 aromatic carbocycles. The maximum atomic E-state index is 5.16. The zero-order valence-corrected chi connectivity index (χ0v) is 14.1. The van der Waals surface area contributed by atoms with E-state index in [1.54, 1.807) is 0 Å². The first-order valence-electron chi connectivity index (χ1n) is 6.27. The van der Waals surface area contributed by atoms with Gasteiger partial charge in [-0.3, -0.25) is 0 Å². The van der Waals surface area contributed by atoms with Gasteiger partial charge in [-0.15, -0.1) is 10.2 Å². The van der Waals surface area contributed by atoms with Crippen molar-refractivity contribution in [2.75, 3.05) is 5.32 Å². The largest absolute Gasteiger partial charge is 0.423 e. The molecule has 4 nitrogen and oxygen atoms in total. The fourth-order valence-corrected chi connectivity index (χ4v) is 2.56. The van der Waals surface area contributed by atoms with Crippen LogP contribution in [0.15, 0.2) is 62.2 Å². The third kappa shape index (κ3) is 3.51. The molecule has 0 fully saturated rings. The quantitative estimate of drug-likeness (QED) is 0.668. The predicted molar refractivity (Wildman–Crippen MR) is 88.9 cm³/mol. The molecule has 0 saturated heterocycles. The van der Waals surface area contributed by atoms with Crippen molar-refractivity contribution >= 4 is 37.5 Å². The van der Waals surface area contributed by atoms with Crippen LogP contribution in [0, 0.1) is 0 Å².